The van der Waals surface area contributed by atoms with Gasteiger partial charge in [-0.25, -0.2) is 0 Å². The van der Waals surface area contributed by atoms with E-state index in [0.29, 0.717) is 0 Å². The monoisotopic (exact) mass is 271 g/mol. The predicted molar refractivity (Wildman–Crippen MR) is 78.9 cm³/mol. The van der Waals surface area contributed by atoms with Gasteiger partial charge >= 0.3 is 0 Å². The summed E-state index contributed by atoms with van der Waals surface area (Å²) in [5.41, 5.74) is 3.07. The Morgan fingerprint density at radius 1 is 1.37 bits per heavy atom. The maximum Gasteiger partial charge on any atom is 0.210 e. The summed E-state index contributed by atoms with van der Waals surface area (Å²) in [6.07, 6.45) is 3.77. The highest BCUT2D eigenvalue weighted by atomic mass is 32.1. The highest BCUT2D eigenvalue weighted by Gasteiger charge is 2.14. The van der Waals surface area contributed by atoms with E-state index >= 15 is 0 Å². The van der Waals surface area contributed by atoms with E-state index in [4.69, 9.17) is 0 Å². The number of benzene rings is 1. The molecule has 0 spiro atoms. The number of allylic oxidation sites excluding steroid dienone is 1. The van der Waals surface area contributed by atoms with E-state index in [0.717, 1.165) is 26.5 Å². The first-order chi connectivity index (χ1) is 9.20. The van der Waals surface area contributed by atoms with Crippen molar-refractivity contribution in [3.05, 3.63) is 39.5 Å². The van der Waals surface area contributed by atoms with Crippen LogP contribution in [0.2, 0.25) is 0 Å². The van der Waals surface area contributed by atoms with Gasteiger partial charge in [0.25, 0.3) is 0 Å². The van der Waals surface area contributed by atoms with E-state index < -0.39 is 0 Å². The number of aromatic nitrogens is 1. The van der Waals surface area contributed by atoms with Gasteiger partial charge in [0.05, 0.1) is 10.6 Å². The minimum Gasteiger partial charge on any atom is -0.493 e. The fourth-order valence-corrected chi connectivity index (χ4v) is 2.98. The molecule has 0 amide bonds. The van der Waals surface area contributed by atoms with Crippen molar-refractivity contribution in [3.63, 3.8) is 0 Å². The second kappa shape index (κ2) is 4.51. The summed E-state index contributed by atoms with van der Waals surface area (Å²) in [6, 6.07) is 7.97. The smallest absolute Gasteiger partial charge is 0.210 e. The molecule has 0 aliphatic carbocycles. The Morgan fingerprint density at radius 3 is 2.89 bits per heavy atom. The molecule has 1 aromatic carbocycles. The molecule has 96 valence electrons. The molecule has 1 N–H and O–H groups in total. The first-order valence-corrected chi connectivity index (χ1v) is 6.69. The normalized spacial score (nSPS) is 16.3. The fourth-order valence-electron chi connectivity index (χ4n) is 2.05. The number of hydrogen-bond donors (Lipinski definition) is 1. The minimum absolute atomic E-state index is 0.232. The standard InChI is InChI=1S/C14H13N3OS/c1-15-14-17(2)13(18)12(19-14)7-9-8-16-11-6-4-3-5-10(9)11/h3-8,18H,1-2H3/b9-7-,15-14?. The molecule has 0 atom stereocenters. The fraction of sp³-hybridized carbons (Fsp3) is 0.143. The first kappa shape index (κ1) is 11.9. The van der Waals surface area contributed by atoms with Crippen molar-refractivity contribution in [2.75, 3.05) is 7.05 Å². The summed E-state index contributed by atoms with van der Waals surface area (Å²) in [7, 11) is 3.52. The van der Waals surface area contributed by atoms with Gasteiger partial charge in [0.1, 0.15) is 0 Å². The molecule has 0 radical (unpaired) electrons. The Kier molecular flexibility index (Phi) is 2.83. The number of nitrogens with zero attached hydrogens (tertiary/aromatic N) is 3. The first-order valence-electron chi connectivity index (χ1n) is 5.87. The van der Waals surface area contributed by atoms with E-state index in [1.165, 1.54) is 11.3 Å². The molecule has 0 saturated heterocycles. The summed E-state index contributed by atoms with van der Waals surface area (Å²) in [5.74, 6) is 0.232. The summed E-state index contributed by atoms with van der Waals surface area (Å²) in [5, 5.41) is 10.1. The zero-order valence-corrected chi connectivity index (χ0v) is 11.5. The number of hydrogen-bond acceptors (Lipinski definition) is 4. The molecule has 1 aliphatic rings. The molecule has 5 heteroatoms. The Balaban J connectivity index is 2.12. The largest absolute Gasteiger partial charge is 0.493 e. The molecule has 4 nitrogen and oxygen atoms in total. The number of fused-ring (bicyclic) bond motifs is 1. The van der Waals surface area contributed by atoms with Crippen LogP contribution in [-0.2, 0) is 7.05 Å². The van der Waals surface area contributed by atoms with Crippen LogP contribution in [0, 0.1) is 0 Å². The molecule has 0 saturated carbocycles. The van der Waals surface area contributed by atoms with Crippen molar-refractivity contribution in [1.82, 2.24) is 4.57 Å². The summed E-state index contributed by atoms with van der Waals surface area (Å²) in [6.45, 7) is 0. The quantitative estimate of drug-likeness (QED) is 0.851. The maximum absolute atomic E-state index is 10.1. The average molecular weight is 271 g/mol. The van der Waals surface area contributed by atoms with E-state index in [-0.39, 0.29) is 5.88 Å². The third-order valence-electron chi connectivity index (χ3n) is 3.06. The van der Waals surface area contributed by atoms with Gasteiger partial charge in [0.15, 0.2) is 4.80 Å². The van der Waals surface area contributed by atoms with Gasteiger partial charge in [-0.3, -0.25) is 14.6 Å². The molecule has 1 aliphatic heterocycles. The molecule has 2 heterocycles. The van der Waals surface area contributed by atoms with E-state index in [1.54, 1.807) is 18.7 Å². The molecular weight excluding hydrogens is 258 g/mol. The number of aromatic hydroxyl groups is 1. The van der Waals surface area contributed by atoms with Gasteiger partial charge in [0, 0.05) is 31.4 Å². The van der Waals surface area contributed by atoms with Crippen LogP contribution in [-0.4, -0.2) is 22.9 Å². The van der Waals surface area contributed by atoms with Crippen LogP contribution < -0.4 is 4.80 Å². The molecular formula is C14H13N3OS. The lowest BCUT2D eigenvalue weighted by Gasteiger charge is -1.98. The molecule has 1 aromatic heterocycles. The van der Waals surface area contributed by atoms with Gasteiger partial charge in [0.2, 0.25) is 5.88 Å². The van der Waals surface area contributed by atoms with Gasteiger partial charge in [-0.2, -0.15) is 0 Å². The average Bonchev–Trinajstić information content (AvgIpc) is 2.96. The van der Waals surface area contributed by atoms with E-state index in [2.05, 4.69) is 9.98 Å². The SMILES string of the molecule is CN=c1sc(/C=C2/C=Nc3ccccc32)c(O)n1C. The highest BCUT2D eigenvalue weighted by Crippen LogP contribution is 2.33. The second-order valence-corrected chi connectivity index (χ2v) is 5.24. The topological polar surface area (TPSA) is 49.9 Å². The van der Waals surface area contributed by atoms with Crippen LogP contribution in [0.4, 0.5) is 5.69 Å². The summed E-state index contributed by atoms with van der Waals surface area (Å²) in [4.78, 5) is 10.1. The van der Waals surface area contributed by atoms with Crippen LogP contribution in [0.5, 0.6) is 5.88 Å². The molecule has 0 unspecified atom stereocenters. The Bertz CT molecular complexity index is 765. The van der Waals surface area contributed by atoms with Crippen LogP contribution in [0.15, 0.2) is 34.3 Å². The molecule has 19 heavy (non-hydrogen) atoms. The van der Waals surface area contributed by atoms with Gasteiger partial charge in [-0.05, 0) is 12.1 Å². The number of aliphatic imine (C=N–C) groups is 1. The van der Waals surface area contributed by atoms with Crippen molar-refractivity contribution in [1.29, 1.82) is 0 Å². The lowest BCUT2D eigenvalue weighted by molar-refractivity contribution is 0.427. The maximum atomic E-state index is 10.1. The summed E-state index contributed by atoms with van der Waals surface area (Å²) >= 11 is 1.46. The zero-order valence-electron chi connectivity index (χ0n) is 10.7. The molecule has 0 bridgehead atoms. The van der Waals surface area contributed by atoms with Crippen molar-refractivity contribution >= 4 is 34.9 Å². The lowest BCUT2D eigenvalue weighted by atomic mass is 10.1. The summed E-state index contributed by atoms with van der Waals surface area (Å²) < 4.78 is 1.68. The molecule has 3 rings (SSSR count). The molecule has 0 fully saturated rings. The van der Waals surface area contributed by atoms with Gasteiger partial charge in [-0.1, -0.05) is 29.5 Å². The number of rotatable bonds is 1. The lowest BCUT2D eigenvalue weighted by Crippen LogP contribution is -2.08. The Labute approximate surface area is 114 Å². The van der Waals surface area contributed by atoms with Crippen molar-refractivity contribution < 1.29 is 5.11 Å². The van der Waals surface area contributed by atoms with Crippen LogP contribution in [0.25, 0.3) is 11.6 Å². The number of para-hydroxylation sites is 1. The van der Waals surface area contributed by atoms with E-state index in [1.807, 2.05) is 36.6 Å². The van der Waals surface area contributed by atoms with Gasteiger partial charge < -0.3 is 5.11 Å². The van der Waals surface area contributed by atoms with Gasteiger partial charge in [-0.15, -0.1) is 0 Å². The van der Waals surface area contributed by atoms with Crippen molar-refractivity contribution in [3.8, 4) is 5.88 Å². The predicted octanol–water partition coefficient (Wildman–Crippen LogP) is 2.58. The van der Waals surface area contributed by atoms with Crippen LogP contribution in [0.3, 0.4) is 0 Å². The van der Waals surface area contributed by atoms with Crippen molar-refractivity contribution in [2.24, 2.45) is 17.0 Å². The van der Waals surface area contributed by atoms with Crippen molar-refractivity contribution in [2.45, 2.75) is 0 Å². The third kappa shape index (κ3) is 1.92. The zero-order chi connectivity index (χ0) is 13.4. The second-order valence-electron chi connectivity index (χ2n) is 4.23. The molecule has 2 aromatic rings. The van der Waals surface area contributed by atoms with Crippen LogP contribution >= 0.6 is 11.3 Å². The highest BCUT2D eigenvalue weighted by molar-refractivity contribution is 7.10. The third-order valence-corrected chi connectivity index (χ3v) is 4.22. The number of thiazole rings is 1. The van der Waals surface area contributed by atoms with E-state index in [9.17, 15) is 5.11 Å². The Hall–Kier alpha value is -2.14. The van der Waals surface area contributed by atoms with Crippen LogP contribution in [0.1, 0.15) is 10.4 Å². The Morgan fingerprint density at radius 2 is 2.16 bits per heavy atom. The minimum atomic E-state index is 0.232.